The summed E-state index contributed by atoms with van der Waals surface area (Å²) in [6.45, 7) is 8.88. The SMILES string of the molecule is C/C=C\N(CCC)CCC.Cl. The Morgan fingerprint density at radius 3 is 1.82 bits per heavy atom. The van der Waals surface area contributed by atoms with Crippen molar-refractivity contribution in [3.8, 4) is 0 Å². The molecule has 0 unspecified atom stereocenters. The summed E-state index contributed by atoms with van der Waals surface area (Å²) >= 11 is 0. The highest BCUT2D eigenvalue weighted by atomic mass is 35.5. The van der Waals surface area contributed by atoms with Crippen molar-refractivity contribution in [1.29, 1.82) is 0 Å². The molecule has 0 rings (SSSR count). The molecule has 0 aliphatic rings. The highest BCUT2D eigenvalue weighted by Crippen LogP contribution is 1.94. The minimum absolute atomic E-state index is 0. The van der Waals surface area contributed by atoms with Gasteiger partial charge in [-0.1, -0.05) is 19.9 Å². The smallest absolute Gasteiger partial charge is 0.0169 e. The fraction of sp³-hybridized carbons (Fsp3) is 0.778. The van der Waals surface area contributed by atoms with Crippen LogP contribution in [0, 0.1) is 0 Å². The highest BCUT2D eigenvalue weighted by Gasteiger charge is 1.92. The van der Waals surface area contributed by atoms with Crippen LogP contribution in [0.3, 0.4) is 0 Å². The number of hydrogen-bond acceptors (Lipinski definition) is 1. The van der Waals surface area contributed by atoms with Gasteiger partial charge in [0.15, 0.2) is 0 Å². The summed E-state index contributed by atoms with van der Waals surface area (Å²) in [6, 6.07) is 0. The third kappa shape index (κ3) is 7.73. The van der Waals surface area contributed by atoms with E-state index in [9.17, 15) is 0 Å². The summed E-state index contributed by atoms with van der Waals surface area (Å²) in [5.41, 5.74) is 0. The van der Waals surface area contributed by atoms with Crippen LogP contribution >= 0.6 is 12.4 Å². The van der Waals surface area contributed by atoms with Gasteiger partial charge in [-0.25, -0.2) is 0 Å². The van der Waals surface area contributed by atoms with Crippen LogP contribution in [0.2, 0.25) is 0 Å². The zero-order valence-electron chi connectivity index (χ0n) is 7.84. The number of rotatable bonds is 5. The van der Waals surface area contributed by atoms with Gasteiger partial charge in [0.2, 0.25) is 0 Å². The van der Waals surface area contributed by atoms with Crippen molar-refractivity contribution in [3.05, 3.63) is 12.3 Å². The predicted octanol–water partition coefficient (Wildman–Crippen LogP) is 3.06. The number of allylic oxidation sites excluding steroid dienone is 1. The summed E-state index contributed by atoms with van der Waals surface area (Å²) < 4.78 is 0. The maximum absolute atomic E-state index is 2.36. The topological polar surface area (TPSA) is 3.24 Å². The van der Waals surface area contributed by atoms with Crippen molar-refractivity contribution < 1.29 is 0 Å². The summed E-state index contributed by atoms with van der Waals surface area (Å²) in [5.74, 6) is 0. The van der Waals surface area contributed by atoms with Crippen LogP contribution in [0.4, 0.5) is 0 Å². The molecule has 1 nitrogen and oxygen atoms in total. The van der Waals surface area contributed by atoms with E-state index in [1.807, 2.05) is 0 Å². The molecule has 0 saturated heterocycles. The van der Waals surface area contributed by atoms with Crippen molar-refractivity contribution in [2.24, 2.45) is 0 Å². The molecule has 0 fully saturated rings. The zero-order chi connectivity index (χ0) is 7.82. The van der Waals surface area contributed by atoms with Gasteiger partial charge >= 0.3 is 0 Å². The number of halogens is 1. The third-order valence-corrected chi connectivity index (χ3v) is 1.38. The zero-order valence-corrected chi connectivity index (χ0v) is 8.66. The first-order chi connectivity index (χ1) is 4.85. The first-order valence-electron chi connectivity index (χ1n) is 4.22. The van der Waals surface area contributed by atoms with E-state index in [1.165, 1.54) is 25.9 Å². The maximum atomic E-state index is 2.36. The second kappa shape index (κ2) is 9.83. The number of nitrogens with zero attached hydrogens (tertiary/aromatic N) is 1. The maximum Gasteiger partial charge on any atom is 0.0169 e. The molecular weight excluding hydrogens is 158 g/mol. The lowest BCUT2D eigenvalue weighted by atomic mass is 10.4. The van der Waals surface area contributed by atoms with Gasteiger partial charge in [0.1, 0.15) is 0 Å². The summed E-state index contributed by atoms with van der Waals surface area (Å²) in [7, 11) is 0. The van der Waals surface area contributed by atoms with Crippen molar-refractivity contribution >= 4 is 12.4 Å². The van der Waals surface area contributed by atoms with E-state index in [0.29, 0.717) is 0 Å². The van der Waals surface area contributed by atoms with E-state index in [1.54, 1.807) is 0 Å². The van der Waals surface area contributed by atoms with Gasteiger partial charge in [0.05, 0.1) is 0 Å². The van der Waals surface area contributed by atoms with E-state index in [4.69, 9.17) is 0 Å². The molecule has 2 heteroatoms. The van der Waals surface area contributed by atoms with Crippen LogP contribution in [0.5, 0.6) is 0 Å². The molecule has 68 valence electrons. The fourth-order valence-electron chi connectivity index (χ4n) is 1.05. The molecule has 11 heavy (non-hydrogen) atoms. The molecule has 0 spiro atoms. The second-order valence-electron chi connectivity index (χ2n) is 2.52. The molecule has 0 aliphatic heterocycles. The molecule has 0 amide bonds. The standard InChI is InChI=1S/C9H19N.ClH/c1-4-7-10(8-5-2)9-6-3;/h4,7H,5-6,8-9H2,1-3H3;1H/b7-4-;. The van der Waals surface area contributed by atoms with E-state index < -0.39 is 0 Å². The summed E-state index contributed by atoms with van der Waals surface area (Å²) in [4.78, 5) is 2.36. The van der Waals surface area contributed by atoms with Gasteiger partial charge < -0.3 is 4.90 Å². The molecule has 0 aromatic carbocycles. The van der Waals surface area contributed by atoms with Crippen LogP contribution < -0.4 is 0 Å². The quantitative estimate of drug-likeness (QED) is 0.624. The van der Waals surface area contributed by atoms with Gasteiger partial charge in [-0.3, -0.25) is 0 Å². The lowest BCUT2D eigenvalue weighted by Crippen LogP contribution is -2.18. The lowest BCUT2D eigenvalue weighted by Gasteiger charge is -2.17. The largest absolute Gasteiger partial charge is 0.378 e. The van der Waals surface area contributed by atoms with E-state index >= 15 is 0 Å². The molecule has 0 bridgehead atoms. The van der Waals surface area contributed by atoms with Crippen molar-refractivity contribution in [2.45, 2.75) is 33.6 Å². The molecule has 0 atom stereocenters. The normalized spacial score (nSPS) is 9.73. The lowest BCUT2D eigenvalue weighted by molar-refractivity contribution is 0.375. The summed E-state index contributed by atoms with van der Waals surface area (Å²) in [6.07, 6.45) is 6.76. The molecule has 0 aromatic rings. The molecular formula is C9H20ClN. The van der Waals surface area contributed by atoms with Gasteiger partial charge in [0.25, 0.3) is 0 Å². The minimum atomic E-state index is 0. The molecule has 0 heterocycles. The third-order valence-electron chi connectivity index (χ3n) is 1.38. The molecule has 0 aliphatic carbocycles. The van der Waals surface area contributed by atoms with E-state index in [-0.39, 0.29) is 12.4 Å². The van der Waals surface area contributed by atoms with Crippen molar-refractivity contribution in [2.75, 3.05) is 13.1 Å². The van der Waals surface area contributed by atoms with Crippen LogP contribution in [0.25, 0.3) is 0 Å². The molecule has 0 saturated carbocycles. The Labute approximate surface area is 76.9 Å². The van der Waals surface area contributed by atoms with Crippen molar-refractivity contribution in [1.82, 2.24) is 4.90 Å². The summed E-state index contributed by atoms with van der Waals surface area (Å²) in [5, 5.41) is 0. The molecule has 0 aromatic heterocycles. The van der Waals surface area contributed by atoms with Crippen LogP contribution in [0.15, 0.2) is 12.3 Å². The fourth-order valence-corrected chi connectivity index (χ4v) is 1.05. The Balaban J connectivity index is 0. The predicted molar refractivity (Wildman–Crippen MR) is 54.2 cm³/mol. The monoisotopic (exact) mass is 177 g/mol. The average Bonchev–Trinajstić information content (AvgIpc) is 1.90. The highest BCUT2D eigenvalue weighted by molar-refractivity contribution is 5.85. The Hall–Kier alpha value is -0.170. The van der Waals surface area contributed by atoms with E-state index in [2.05, 4.69) is 37.9 Å². The molecule has 0 N–H and O–H groups in total. The minimum Gasteiger partial charge on any atom is -0.378 e. The Morgan fingerprint density at radius 1 is 1.09 bits per heavy atom. The van der Waals surface area contributed by atoms with Crippen LogP contribution in [-0.2, 0) is 0 Å². The van der Waals surface area contributed by atoms with Crippen LogP contribution in [0.1, 0.15) is 33.6 Å². The first kappa shape index (κ1) is 13.4. The van der Waals surface area contributed by atoms with E-state index in [0.717, 1.165) is 0 Å². The first-order valence-corrected chi connectivity index (χ1v) is 4.22. The van der Waals surface area contributed by atoms with Crippen molar-refractivity contribution in [3.63, 3.8) is 0 Å². The Bertz CT molecular complexity index is 85.6. The van der Waals surface area contributed by atoms with Gasteiger partial charge in [0, 0.05) is 13.1 Å². The van der Waals surface area contributed by atoms with Gasteiger partial charge in [-0.2, -0.15) is 0 Å². The second-order valence-corrected chi connectivity index (χ2v) is 2.52. The Kier molecular flexibility index (Phi) is 12.0. The number of hydrogen-bond donors (Lipinski definition) is 0. The Morgan fingerprint density at radius 2 is 1.55 bits per heavy atom. The van der Waals surface area contributed by atoms with Gasteiger partial charge in [-0.05, 0) is 26.0 Å². The average molecular weight is 178 g/mol. The van der Waals surface area contributed by atoms with Crippen LogP contribution in [-0.4, -0.2) is 18.0 Å². The van der Waals surface area contributed by atoms with Gasteiger partial charge in [-0.15, -0.1) is 12.4 Å². The molecule has 0 radical (unpaired) electrons.